The number of ketones is 1. The third-order valence-corrected chi connectivity index (χ3v) is 7.13. The molecule has 0 spiro atoms. The van der Waals surface area contributed by atoms with Gasteiger partial charge in [0.25, 0.3) is 15.9 Å². The summed E-state index contributed by atoms with van der Waals surface area (Å²) in [6.07, 6.45) is 2.45. The first-order chi connectivity index (χ1) is 14.9. The number of nitrogens with zero attached hydrogens (tertiary/aromatic N) is 2. The Morgan fingerprint density at radius 1 is 0.968 bits per heavy atom. The molecule has 0 saturated heterocycles. The fraction of sp³-hybridized carbons (Fsp3) is 0. The van der Waals surface area contributed by atoms with Crippen LogP contribution in [0.4, 0.5) is 5.69 Å². The number of para-hydroxylation sites is 2. The summed E-state index contributed by atoms with van der Waals surface area (Å²) >= 11 is 1.05. The van der Waals surface area contributed by atoms with Gasteiger partial charge in [-0.3, -0.25) is 14.3 Å². The van der Waals surface area contributed by atoms with E-state index in [2.05, 4.69) is 9.82 Å². The van der Waals surface area contributed by atoms with E-state index in [9.17, 15) is 23.1 Å². The fourth-order valence-electron chi connectivity index (χ4n) is 2.87. The molecule has 0 saturated carbocycles. The Morgan fingerprint density at radius 3 is 2.39 bits per heavy atom. The Morgan fingerprint density at radius 2 is 1.68 bits per heavy atom. The van der Waals surface area contributed by atoms with Crippen molar-refractivity contribution in [2.75, 3.05) is 4.72 Å². The molecule has 0 radical (unpaired) electrons. The zero-order chi connectivity index (χ0) is 22.0. The summed E-state index contributed by atoms with van der Waals surface area (Å²) in [4.78, 5) is 25.6. The number of hydrogen-bond donors (Lipinski definition) is 2. The van der Waals surface area contributed by atoms with Crippen LogP contribution in [-0.2, 0) is 10.0 Å². The summed E-state index contributed by atoms with van der Waals surface area (Å²) in [7, 11) is -3.85. The summed E-state index contributed by atoms with van der Waals surface area (Å²) in [5, 5.41) is 15.5. The Kier molecular flexibility index (Phi) is 5.40. The van der Waals surface area contributed by atoms with Crippen LogP contribution in [0.2, 0.25) is 0 Å². The molecule has 8 nitrogen and oxygen atoms in total. The molecule has 2 aromatic heterocycles. The first kappa shape index (κ1) is 20.5. The lowest BCUT2D eigenvalue weighted by Gasteiger charge is -2.11. The molecule has 2 aromatic carbocycles. The molecule has 0 amide bonds. The molecular formula is C21H15N3O5S2. The Bertz CT molecular complexity index is 1380. The highest BCUT2D eigenvalue weighted by Crippen LogP contribution is 2.24. The van der Waals surface area contributed by atoms with Crippen molar-refractivity contribution in [3.8, 4) is 5.75 Å². The van der Waals surface area contributed by atoms with Crippen LogP contribution < -0.4 is 4.72 Å². The van der Waals surface area contributed by atoms with Crippen molar-refractivity contribution in [3.05, 3.63) is 95.1 Å². The zero-order valence-corrected chi connectivity index (χ0v) is 17.4. The number of anilines is 1. The maximum absolute atomic E-state index is 13.0. The molecule has 31 heavy (non-hydrogen) atoms. The molecule has 2 heterocycles. The van der Waals surface area contributed by atoms with Gasteiger partial charge in [0, 0.05) is 6.20 Å². The Balaban J connectivity index is 1.63. The van der Waals surface area contributed by atoms with Crippen molar-refractivity contribution in [1.82, 2.24) is 9.78 Å². The van der Waals surface area contributed by atoms with Gasteiger partial charge in [0.1, 0.15) is 9.96 Å². The third kappa shape index (κ3) is 4.11. The van der Waals surface area contributed by atoms with E-state index in [1.165, 1.54) is 42.7 Å². The van der Waals surface area contributed by atoms with Crippen LogP contribution >= 0.6 is 11.3 Å². The molecule has 4 aromatic rings. The lowest BCUT2D eigenvalue weighted by molar-refractivity contribution is 0.0946. The number of rotatable bonds is 6. The number of nitrogens with one attached hydrogen (secondary N) is 1. The maximum atomic E-state index is 13.0. The van der Waals surface area contributed by atoms with Crippen LogP contribution in [0.1, 0.15) is 26.3 Å². The van der Waals surface area contributed by atoms with Crippen molar-refractivity contribution in [2.24, 2.45) is 0 Å². The predicted octanol–water partition coefficient (Wildman–Crippen LogP) is 3.37. The van der Waals surface area contributed by atoms with E-state index < -0.39 is 21.7 Å². The molecule has 0 atom stereocenters. The number of carbonyl (C=O) groups excluding carboxylic acids is 2. The molecular weight excluding hydrogens is 438 g/mol. The molecule has 156 valence electrons. The molecule has 0 fully saturated rings. The van der Waals surface area contributed by atoms with E-state index in [1.807, 2.05) is 0 Å². The summed E-state index contributed by atoms with van der Waals surface area (Å²) < 4.78 is 28.6. The van der Waals surface area contributed by atoms with Crippen LogP contribution in [0.15, 0.2) is 82.6 Å². The number of benzene rings is 2. The van der Waals surface area contributed by atoms with E-state index >= 15 is 0 Å². The second kappa shape index (κ2) is 8.17. The number of hydrogen-bond acceptors (Lipinski definition) is 7. The maximum Gasteiger partial charge on any atom is 0.280 e. The van der Waals surface area contributed by atoms with Crippen molar-refractivity contribution in [1.29, 1.82) is 0 Å². The van der Waals surface area contributed by atoms with E-state index in [1.54, 1.807) is 35.7 Å². The van der Waals surface area contributed by atoms with Gasteiger partial charge in [-0.05, 0) is 35.7 Å². The van der Waals surface area contributed by atoms with Gasteiger partial charge in [-0.25, -0.2) is 13.1 Å². The van der Waals surface area contributed by atoms with Crippen LogP contribution in [-0.4, -0.2) is 35.0 Å². The molecule has 0 unspecified atom stereocenters. The molecule has 0 aliphatic heterocycles. The molecule has 4 rings (SSSR count). The molecule has 0 aliphatic rings. The number of thiophene rings is 1. The predicted molar refractivity (Wildman–Crippen MR) is 115 cm³/mol. The van der Waals surface area contributed by atoms with Gasteiger partial charge in [-0.2, -0.15) is 5.10 Å². The van der Waals surface area contributed by atoms with Crippen LogP contribution in [0, 0.1) is 0 Å². The van der Waals surface area contributed by atoms with Crippen molar-refractivity contribution in [3.63, 3.8) is 0 Å². The number of phenolic OH excluding ortho intramolecular Hbond substituents is 1. The third-order valence-electron chi connectivity index (χ3n) is 4.36. The Hall–Kier alpha value is -3.76. The first-order valence-corrected chi connectivity index (χ1v) is 11.3. The van der Waals surface area contributed by atoms with E-state index in [4.69, 9.17) is 0 Å². The van der Waals surface area contributed by atoms with Crippen LogP contribution in [0.25, 0.3) is 0 Å². The van der Waals surface area contributed by atoms with E-state index in [0.717, 1.165) is 16.0 Å². The van der Waals surface area contributed by atoms with E-state index in [-0.39, 0.29) is 32.3 Å². The monoisotopic (exact) mass is 453 g/mol. The molecule has 0 aliphatic carbocycles. The lowest BCUT2D eigenvalue weighted by atomic mass is 10.1. The summed E-state index contributed by atoms with van der Waals surface area (Å²) in [5.41, 5.74) is 0.336. The van der Waals surface area contributed by atoms with Gasteiger partial charge >= 0.3 is 0 Å². The van der Waals surface area contributed by atoms with Crippen molar-refractivity contribution >= 4 is 38.7 Å². The highest BCUT2D eigenvalue weighted by Gasteiger charge is 2.22. The fourth-order valence-corrected chi connectivity index (χ4v) is 4.94. The highest BCUT2D eigenvalue weighted by molar-refractivity contribution is 7.94. The van der Waals surface area contributed by atoms with Crippen molar-refractivity contribution < 1.29 is 23.1 Å². The van der Waals surface area contributed by atoms with Crippen LogP contribution in [0.3, 0.4) is 0 Å². The quantitative estimate of drug-likeness (QED) is 0.432. The number of carbonyl (C=O) groups is 2. The first-order valence-electron chi connectivity index (χ1n) is 8.94. The molecule has 0 bridgehead atoms. The lowest BCUT2D eigenvalue weighted by Crippen LogP contribution is -2.18. The minimum Gasteiger partial charge on any atom is -0.507 e. The van der Waals surface area contributed by atoms with Gasteiger partial charge < -0.3 is 5.11 Å². The molecule has 10 heteroatoms. The average Bonchev–Trinajstić information content (AvgIpc) is 3.46. The molecule has 2 N–H and O–H groups in total. The largest absolute Gasteiger partial charge is 0.507 e. The standard InChI is InChI=1S/C21H15N3O5S2/c25-18-9-4-2-7-16(18)20(26)14-12-22-24(13-14)21(27)15-6-1-3-8-17(15)23-31(28,29)19-10-5-11-30-19/h1-13,23,25H. The number of sulfonamides is 1. The van der Waals surface area contributed by atoms with Crippen molar-refractivity contribution in [2.45, 2.75) is 4.21 Å². The van der Waals surface area contributed by atoms with Gasteiger partial charge in [-0.1, -0.05) is 30.3 Å². The zero-order valence-electron chi connectivity index (χ0n) is 15.8. The number of phenols is 1. The topological polar surface area (TPSA) is 118 Å². The van der Waals surface area contributed by atoms with Crippen LogP contribution in [0.5, 0.6) is 5.75 Å². The minimum absolute atomic E-state index is 0.0623. The number of aromatic nitrogens is 2. The summed E-state index contributed by atoms with van der Waals surface area (Å²) in [6.45, 7) is 0. The summed E-state index contributed by atoms with van der Waals surface area (Å²) in [6, 6.07) is 15.2. The van der Waals surface area contributed by atoms with Gasteiger partial charge in [-0.15, -0.1) is 11.3 Å². The SMILES string of the molecule is O=C(c1cnn(C(=O)c2ccccc2NS(=O)(=O)c2cccs2)c1)c1ccccc1O. The highest BCUT2D eigenvalue weighted by atomic mass is 32.2. The smallest absolute Gasteiger partial charge is 0.280 e. The van der Waals surface area contributed by atoms with Gasteiger partial charge in [0.05, 0.1) is 28.6 Å². The second-order valence-corrected chi connectivity index (χ2v) is 9.27. The summed E-state index contributed by atoms with van der Waals surface area (Å²) in [5.74, 6) is -1.30. The Labute approximate surface area is 181 Å². The van der Waals surface area contributed by atoms with Gasteiger partial charge in [0.2, 0.25) is 0 Å². The normalized spacial score (nSPS) is 11.2. The van der Waals surface area contributed by atoms with E-state index in [0.29, 0.717) is 0 Å². The number of aromatic hydroxyl groups is 1. The second-order valence-electron chi connectivity index (χ2n) is 6.41. The van der Waals surface area contributed by atoms with Gasteiger partial charge in [0.15, 0.2) is 5.78 Å². The average molecular weight is 454 g/mol. The minimum atomic E-state index is -3.85.